The number of carbonyl (C=O) groups excluding carboxylic acids is 1. The van der Waals surface area contributed by atoms with Crippen molar-refractivity contribution in [1.29, 1.82) is 0 Å². The Balaban J connectivity index is 1.99. The van der Waals surface area contributed by atoms with Gasteiger partial charge in [0.25, 0.3) is 0 Å². The summed E-state index contributed by atoms with van der Waals surface area (Å²) < 4.78 is 39.5. The largest absolute Gasteiger partial charge is 0.435 e. The van der Waals surface area contributed by atoms with E-state index in [0.29, 0.717) is 18.2 Å². The number of nitrogens with one attached hydrogen (secondary N) is 1. The van der Waals surface area contributed by atoms with Crippen molar-refractivity contribution in [1.82, 2.24) is 15.1 Å². The van der Waals surface area contributed by atoms with Crippen molar-refractivity contribution >= 4 is 5.91 Å². The molecule has 0 aromatic carbocycles. The van der Waals surface area contributed by atoms with Crippen LogP contribution < -0.4 is 5.32 Å². The molecule has 1 N–H and O–H groups in total. The highest BCUT2D eigenvalue weighted by Gasteiger charge is 2.37. The second-order valence-corrected chi connectivity index (χ2v) is 5.90. The Morgan fingerprint density at radius 3 is 2.67 bits per heavy atom. The Morgan fingerprint density at radius 2 is 2.14 bits per heavy atom. The van der Waals surface area contributed by atoms with Crippen LogP contribution in [-0.2, 0) is 17.5 Å². The van der Waals surface area contributed by atoms with Gasteiger partial charge in [-0.1, -0.05) is 13.8 Å². The van der Waals surface area contributed by atoms with E-state index in [-0.39, 0.29) is 24.8 Å². The zero-order valence-electron chi connectivity index (χ0n) is 12.2. The molecule has 2 rings (SSSR count). The molecule has 0 spiro atoms. The van der Waals surface area contributed by atoms with Gasteiger partial charge < -0.3 is 5.32 Å². The van der Waals surface area contributed by atoms with Crippen molar-refractivity contribution < 1.29 is 18.0 Å². The first kappa shape index (κ1) is 15.9. The lowest BCUT2D eigenvalue weighted by atomic mass is 10.2. The fourth-order valence-electron chi connectivity index (χ4n) is 2.07. The van der Waals surface area contributed by atoms with Gasteiger partial charge in [-0.25, -0.2) is 0 Å². The predicted molar refractivity (Wildman–Crippen MR) is 71.7 cm³/mol. The Bertz CT molecular complexity index is 504. The molecule has 21 heavy (non-hydrogen) atoms. The summed E-state index contributed by atoms with van der Waals surface area (Å²) >= 11 is 0. The summed E-state index contributed by atoms with van der Waals surface area (Å²) in [5.74, 6) is 0.347. The van der Waals surface area contributed by atoms with Crippen LogP contribution in [0.4, 0.5) is 13.2 Å². The van der Waals surface area contributed by atoms with Crippen molar-refractivity contribution in [2.24, 2.45) is 5.92 Å². The van der Waals surface area contributed by atoms with E-state index in [1.807, 2.05) is 13.8 Å². The molecule has 118 valence electrons. The minimum absolute atomic E-state index is 0.144. The number of nitrogens with zero attached hydrogens (tertiary/aromatic N) is 2. The number of aryl methyl sites for hydroxylation is 1. The smallest absolute Gasteiger partial charge is 0.356 e. The lowest BCUT2D eigenvalue weighted by Gasteiger charge is -2.09. The Hall–Kier alpha value is -1.53. The van der Waals surface area contributed by atoms with Gasteiger partial charge >= 0.3 is 6.18 Å². The Labute approximate surface area is 121 Å². The summed E-state index contributed by atoms with van der Waals surface area (Å²) in [7, 11) is 0. The molecule has 0 aliphatic heterocycles. The van der Waals surface area contributed by atoms with Crippen LogP contribution in [0.5, 0.6) is 0 Å². The van der Waals surface area contributed by atoms with E-state index < -0.39 is 11.9 Å². The average molecular weight is 303 g/mol. The molecule has 1 aliphatic rings. The third-order valence-corrected chi connectivity index (χ3v) is 3.36. The van der Waals surface area contributed by atoms with Crippen LogP contribution in [0.15, 0.2) is 6.07 Å². The quantitative estimate of drug-likeness (QED) is 0.878. The Morgan fingerprint density at radius 1 is 1.48 bits per heavy atom. The maximum atomic E-state index is 12.7. The number of carbonyl (C=O) groups is 1. The van der Waals surface area contributed by atoms with Crippen molar-refractivity contribution in [3.8, 4) is 0 Å². The molecule has 1 fully saturated rings. The highest BCUT2D eigenvalue weighted by molar-refractivity contribution is 5.75. The van der Waals surface area contributed by atoms with E-state index in [4.69, 9.17) is 0 Å². The molecular weight excluding hydrogens is 283 g/mol. The lowest BCUT2D eigenvalue weighted by Crippen LogP contribution is -2.28. The number of amides is 1. The first-order chi connectivity index (χ1) is 9.77. The molecule has 0 unspecified atom stereocenters. The molecule has 4 nitrogen and oxygen atoms in total. The molecule has 1 amide bonds. The monoisotopic (exact) mass is 303 g/mol. The van der Waals surface area contributed by atoms with Gasteiger partial charge in [0.15, 0.2) is 5.69 Å². The summed E-state index contributed by atoms with van der Waals surface area (Å²) in [6.07, 6.45) is -2.51. The van der Waals surface area contributed by atoms with Gasteiger partial charge in [0.1, 0.15) is 0 Å². The summed E-state index contributed by atoms with van der Waals surface area (Å²) in [5.41, 5.74) is -0.272. The second kappa shape index (κ2) is 6.07. The normalized spacial score (nSPS) is 15.5. The van der Waals surface area contributed by atoms with E-state index in [2.05, 4.69) is 10.4 Å². The van der Waals surface area contributed by atoms with Gasteiger partial charge in [-0.2, -0.15) is 18.3 Å². The summed E-state index contributed by atoms with van der Waals surface area (Å²) in [5, 5.41) is 6.37. The SMILES string of the molecule is CC(C)CNC(=O)CCn1nc(C(F)(F)F)cc1C1CC1. The van der Waals surface area contributed by atoms with E-state index in [1.54, 1.807) is 0 Å². The molecule has 1 heterocycles. The van der Waals surface area contributed by atoms with E-state index in [0.717, 1.165) is 18.9 Å². The second-order valence-electron chi connectivity index (χ2n) is 5.90. The van der Waals surface area contributed by atoms with E-state index in [1.165, 1.54) is 4.68 Å². The Kier molecular flexibility index (Phi) is 4.58. The summed E-state index contributed by atoms with van der Waals surface area (Å²) in [4.78, 5) is 11.6. The first-order valence-corrected chi connectivity index (χ1v) is 7.19. The van der Waals surface area contributed by atoms with E-state index in [9.17, 15) is 18.0 Å². The fraction of sp³-hybridized carbons (Fsp3) is 0.714. The predicted octanol–water partition coefficient (Wildman–Crippen LogP) is 2.94. The maximum Gasteiger partial charge on any atom is 0.435 e. The van der Waals surface area contributed by atoms with Crippen molar-refractivity contribution in [3.63, 3.8) is 0 Å². The number of aromatic nitrogens is 2. The van der Waals surface area contributed by atoms with Gasteiger partial charge in [0.2, 0.25) is 5.91 Å². The molecule has 0 radical (unpaired) electrons. The number of alkyl halides is 3. The van der Waals surface area contributed by atoms with Crippen LogP contribution in [0, 0.1) is 5.92 Å². The number of hydrogen-bond acceptors (Lipinski definition) is 2. The van der Waals surface area contributed by atoms with Crippen LogP contribution >= 0.6 is 0 Å². The highest BCUT2D eigenvalue weighted by Crippen LogP contribution is 2.42. The molecule has 0 bridgehead atoms. The van der Waals surface area contributed by atoms with Gasteiger partial charge in [-0.05, 0) is 24.8 Å². The van der Waals surface area contributed by atoms with Gasteiger partial charge in [-0.15, -0.1) is 0 Å². The van der Waals surface area contributed by atoms with Crippen molar-refractivity contribution in [2.45, 2.75) is 51.7 Å². The fourth-order valence-corrected chi connectivity index (χ4v) is 2.07. The molecule has 1 aromatic heterocycles. The van der Waals surface area contributed by atoms with Crippen LogP contribution in [0.3, 0.4) is 0 Å². The minimum Gasteiger partial charge on any atom is -0.356 e. The topological polar surface area (TPSA) is 46.9 Å². The van der Waals surface area contributed by atoms with Crippen LogP contribution in [0.2, 0.25) is 0 Å². The number of halogens is 3. The standard InChI is InChI=1S/C14H20F3N3O/c1-9(2)8-18-13(21)5-6-20-11(10-3-4-10)7-12(19-20)14(15,16)17/h7,9-10H,3-6,8H2,1-2H3,(H,18,21). The van der Waals surface area contributed by atoms with Gasteiger partial charge in [0.05, 0.1) is 0 Å². The zero-order valence-corrected chi connectivity index (χ0v) is 12.2. The van der Waals surface area contributed by atoms with Crippen LogP contribution in [0.1, 0.15) is 50.4 Å². The average Bonchev–Trinajstić information content (AvgIpc) is 3.12. The highest BCUT2D eigenvalue weighted by atomic mass is 19.4. The third kappa shape index (κ3) is 4.47. The van der Waals surface area contributed by atoms with Gasteiger partial charge in [0, 0.05) is 31.1 Å². The van der Waals surface area contributed by atoms with Crippen molar-refractivity contribution in [2.75, 3.05) is 6.54 Å². The third-order valence-electron chi connectivity index (χ3n) is 3.36. The molecule has 7 heteroatoms. The van der Waals surface area contributed by atoms with Gasteiger partial charge in [-0.3, -0.25) is 9.48 Å². The number of hydrogen-bond donors (Lipinski definition) is 1. The maximum absolute atomic E-state index is 12.7. The van der Waals surface area contributed by atoms with E-state index >= 15 is 0 Å². The summed E-state index contributed by atoms with van der Waals surface area (Å²) in [6.45, 7) is 4.72. The first-order valence-electron chi connectivity index (χ1n) is 7.19. The molecule has 0 atom stereocenters. The molecule has 0 saturated heterocycles. The van der Waals surface area contributed by atoms with Crippen LogP contribution in [-0.4, -0.2) is 22.2 Å². The minimum atomic E-state index is -4.44. The van der Waals surface area contributed by atoms with Crippen LogP contribution in [0.25, 0.3) is 0 Å². The van der Waals surface area contributed by atoms with Crippen molar-refractivity contribution in [3.05, 3.63) is 17.5 Å². The number of rotatable bonds is 6. The molecule has 1 aliphatic carbocycles. The molecule has 1 saturated carbocycles. The molecule has 1 aromatic rings. The lowest BCUT2D eigenvalue weighted by molar-refractivity contribution is -0.141. The molecular formula is C14H20F3N3O. The zero-order chi connectivity index (χ0) is 15.6. The summed E-state index contributed by atoms with van der Waals surface area (Å²) in [6, 6.07) is 1.11.